The average Bonchev–Trinajstić information content (AvgIpc) is 3.18. The minimum absolute atomic E-state index is 0.0301. The van der Waals surface area contributed by atoms with E-state index in [1.165, 1.54) is 0 Å². The molecule has 0 saturated carbocycles. The monoisotopic (exact) mass is 822 g/mol. The van der Waals surface area contributed by atoms with E-state index in [-0.39, 0.29) is 13.0 Å². The normalized spacial score (nSPS) is 44.8. The fraction of sp³-hybridized carbons (Fsp3) is 0.970. The van der Waals surface area contributed by atoms with E-state index in [0.29, 0.717) is 19.3 Å². The Morgan fingerprint density at radius 3 is 1.18 bits per heavy atom. The third kappa shape index (κ3) is 11.5. The molecule has 4 fully saturated rings. The van der Waals surface area contributed by atoms with Crippen molar-refractivity contribution in [3.8, 4) is 0 Å². The summed E-state index contributed by atoms with van der Waals surface area (Å²) in [5.74, 6) is -0.869. The second-order valence-corrected chi connectivity index (χ2v) is 14.3. The van der Waals surface area contributed by atoms with Crippen LogP contribution in [0, 0.1) is 0 Å². The molecule has 0 amide bonds. The smallest absolute Gasteiger partial charge is 0.303 e. The second kappa shape index (κ2) is 22.3. The Balaban J connectivity index is 1.54. The van der Waals surface area contributed by atoms with E-state index in [4.69, 9.17) is 43.0 Å². The van der Waals surface area contributed by atoms with Crippen LogP contribution < -0.4 is 0 Å². The van der Waals surface area contributed by atoms with Crippen molar-refractivity contribution in [2.24, 2.45) is 0 Å². The molecule has 56 heavy (non-hydrogen) atoms. The van der Waals surface area contributed by atoms with Gasteiger partial charge in [-0.1, -0.05) is 25.7 Å². The summed E-state index contributed by atoms with van der Waals surface area (Å²) in [7, 11) is 0. The molecule has 0 bridgehead atoms. The first kappa shape index (κ1) is 47.3. The van der Waals surface area contributed by atoms with Crippen molar-refractivity contribution in [3.05, 3.63) is 0 Å². The van der Waals surface area contributed by atoms with E-state index in [0.717, 1.165) is 19.3 Å². The van der Waals surface area contributed by atoms with Crippen molar-refractivity contribution in [2.75, 3.05) is 33.0 Å². The molecule has 0 aromatic carbocycles. The van der Waals surface area contributed by atoms with Gasteiger partial charge in [-0.05, 0) is 12.8 Å². The maximum Gasteiger partial charge on any atom is 0.303 e. The summed E-state index contributed by atoms with van der Waals surface area (Å²) in [5, 5.41) is 145. The summed E-state index contributed by atoms with van der Waals surface area (Å²) in [6.45, 7) is -3.32. The lowest BCUT2D eigenvalue weighted by Crippen LogP contribution is -2.68. The molecule has 0 aromatic heterocycles. The molecule has 328 valence electrons. The van der Waals surface area contributed by atoms with E-state index in [2.05, 4.69) is 0 Å². The van der Waals surface area contributed by atoms with E-state index in [1.54, 1.807) is 0 Å². The lowest BCUT2D eigenvalue weighted by atomic mass is 9.96. The quantitative estimate of drug-likeness (QED) is 0.0507. The fourth-order valence-corrected chi connectivity index (χ4v) is 6.89. The van der Waals surface area contributed by atoms with Gasteiger partial charge < -0.3 is 109 Å². The zero-order valence-corrected chi connectivity index (χ0v) is 30.5. The molecule has 14 N–H and O–H groups in total. The van der Waals surface area contributed by atoms with Gasteiger partial charge in [0, 0.05) is 13.0 Å². The molecule has 20 atom stereocenters. The van der Waals surface area contributed by atoms with Gasteiger partial charge >= 0.3 is 5.97 Å². The molecular weight excluding hydrogens is 764 g/mol. The summed E-state index contributed by atoms with van der Waals surface area (Å²) in [5.41, 5.74) is 0. The van der Waals surface area contributed by atoms with Crippen molar-refractivity contribution in [2.45, 2.75) is 168 Å². The molecule has 23 heteroatoms. The number of aliphatic hydroxyl groups excluding tert-OH is 13. The zero-order chi connectivity index (χ0) is 41.3. The summed E-state index contributed by atoms with van der Waals surface area (Å²) >= 11 is 0. The van der Waals surface area contributed by atoms with Gasteiger partial charge in [0.15, 0.2) is 25.2 Å². The molecule has 4 saturated heterocycles. The second-order valence-electron chi connectivity index (χ2n) is 14.3. The Morgan fingerprint density at radius 2 is 0.750 bits per heavy atom. The van der Waals surface area contributed by atoms with Crippen LogP contribution in [-0.4, -0.2) is 233 Å². The Hall–Kier alpha value is -1.37. The average molecular weight is 823 g/mol. The number of carbonyl (C=O) groups is 1. The van der Waals surface area contributed by atoms with Gasteiger partial charge in [0.2, 0.25) is 0 Å². The third-order valence-electron chi connectivity index (χ3n) is 10.3. The predicted molar refractivity (Wildman–Crippen MR) is 178 cm³/mol. The van der Waals surface area contributed by atoms with Crippen LogP contribution in [0.5, 0.6) is 0 Å². The van der Waals surface area contributed by atoms with Crippen molar-refractivity contribution < 1.29 is 114 Å². The van der Waals surface area contributed by atoms with Crippen LogP contribution in [-0.2, 0) is 42.7 Å². The van der Waals surface area contributed by atoms with E-state index in [9.17, 15) is 71.2 Å². The standard InChI is InChI=1S/C33H58O23/c34-9-13-18(40)22(44)26(48)30(50-13)54-28-24(46)20(42)15(11-36)52-32(28)56-29-25(47)21(43)16(12-37)53-33(29)55-27-23(45)19(41)14(10-35)51-31(27)49-8-6-4-2-1-3-5-7-17(38)39/h13-16,18-37,40-48H,1-12H2,(H,38,39)/t13?,14?,15?,16?,18-,19-,20-,21-,22-,23-,24-,25-,26?,27?,28?,29?,30-,31+,32-,33-/m0/s1. The molecule has 0 radical (unpaired) electrons. The summed E-state index contributed by atoms with van der Waals surface area (Å²) < 4.78 is 45.8. The number of carboxylic acid groups (broad SMARTS) is 1. The number of hydrogen-bond acceptors (Lipinski definition) is 22. The molecular formula is C33H58O23. The van der Waals surface area contributed by atoms with Gasteiger partial charge in [0.1, 0.15) is 97.7 Å². The number of rotatable bonds is 20. The lowest BCUT2D eigenvalue weighted by Gasteiger charge is -2.49. The third-order valence-corrected chi connectivity index (χ3v) is 10.3. The topological polar surface area (TPSA) is 374 Å². The molecule has 0 aromatic rings. The van der Waals surface area contributed by atoms with Crippen molar-refractivity contribution >= 4 is 5.97 Å². The Labute approximate surface area is 321 Å². The molecule has 0 aliphatic carbocycles. The van der Waals surface area contributed by atoms with Crippen LogP contribution in [0.15, 0.2) is 0 Å². The molecule has 4 rings (SSSR count). The fourth-order valence-electron chi connectivity index (χ4n) is 6.89. The SMILES string of the molecule is O=C(O)CCCCCCCCO[C@@H]1OC(CO)[C@H](O)[C@H](O)C1O[C@@H]1OC(CO)[C@H](O)[C@H](O)C1O[C@@H]1OC(CO)[C@H](O)[C@H](O)C1O[C@@H]1OC(CO)[C@H](O)[C@H](O)C1O. The number of aliphatic hydroxyl groups is 13. The maximum absolute atomic E-state index is 11.3. The minimum atomic E-state index is -2.02. The number of ether oxygens (including phenoxy) is 8. The van der Waals surface area contributed by atoms with Gasteiger partial charge in [-0.25, -0.2) is 0 Å². The van der Waals surface area contributed by atoms with Crippen LogP contribution >= 0.6 is 0 Å². The Morgan fingerprint density at radius 1 is 0.411 bits per heavy atom. The molecule has 8 unspecified atom stereocenters. The van der Waals surface area contributed by atoms with Crippen molar-refractivity contribution in [1.82, 2.24) is 0 Å². The Bertz CT molecular complexity index is 1150. The molecule has 4 aliphatic heterocycles. The summed E-state index contributed by atoms with van der Waals surface area (Å²) in [4.78, 5) is 10.7. The van der Waals surface area contributed by atoms with Crippen LogP contribution in [0.25, 0.3) is 0 Å². The number of carboxylic acids is 1. The molecule has 4 heterocycles. The predicted octanol–water partition coefficient (Wildman–Crippen LogP) is -6.91. The first-order valence-electron chi connectivity index (χ1n) is 18.7. The maximum atomic E-state index is 11.3. The van der Waals surface area contributed by atoms with Crippen LogP contribution in [0.4, 0.5) is 0 Å². The first-order valence-corrected chi connectivity index (χ1v) is 18.7. The minimum Gasteiger partial charge on any atom is -0.481 e. The van der Waals surface area contributed by atoms with Crippen molar-refractivity contribution in [3.63, 3.8) is 0 Å². The van der Waals surface area contributed by atoms with Gasteiger partial charge in [0.05, 0.1) is 26.4 Å². The van der Waals surface area contributed by atoms with Gasteiger partial charge in [0.25, 0.3) is 0 Å². The van der Waals surface area contributed by atoms with E-state index in [1.807, 2.05) is 0 Å². The summed E-state index contributed by atoms with van der Waals surface area (Å²) in [6, 6.07) is 0. The van der Waals surface area contributed by atoms with E-state index >= 15 is 0 Å². The lowest BCUT2D eigenvalue weighted by molar-refractivity contribution is -0.406. The number of aliphatic carboxylic acids is 1. The Kier molecular flexibility index (Phi) is 18.8. The molecule has 4 aliphatic rings. The highest BCUT2D eigenvalue weighted by molar-refractivity contribution is 5.66. The first-order chi connectivity index (χ1) is 26.7. The molecule has 23 nitrogen and oxygen atoms in total. The number of hydrogen-bond donors (Lipinski definition) is 14. The number of unbranched alkanes of at least 4 members (excludes halogenated alkanes) is 5. The highest BCUT2D eigenvalue weighted by Gasteiger charge is 2.56. The van der Waals surface area contributed by atoms with Gasteiger partial charge in [-0.2, -0.15) is 0 Å². The largest absolute Gasteiger partial charge is 0.481 e. The highest BCUT2D eigenvalue weighted by atomic mass is 16.8. The van der Waals surface area contributed by atoms with Crippen LogP contribution in [0.1, 0.15) is 44.9 Å². The summed E-state index contributed by atoms with van der Waals surface area (Å²) in [6.07, 6.45) is -31.7. The van der Waals surface area contributed by atoms with Crippen LogP contribution in [0.3, 0.4) is 0 Å². The van der Waals surface area contributed by atoms with Gasteiger partial charge in [-0.15, -0.1) is 0 Å². The highest BCUT2D eigenvalue weighted by Crippen LogP contribution is 2.35. The van der Waals surface area contributed by atoms with E-state index < -0.39 is 155 Å². The van der Waals surface area contributed by atoms with Gasteiger partial charge in [-0.3, -0.25) is 4.79 Å². The zero-order valence-electron chi connectivity index (χ0n) is 30.5. The van der Waals surface area contributed by atoms with Crippen LogP contribution in [0.2, 0.25) is 0 Å². The molecule has 0 spiro atoms. The van der Waals surface area contributed by atoms with Crippen molar-refractivity contribution in [1.29, 1.82) is 0 Å².